The third-order valence-electron chi connectivity index (χ3n) is 2.43. The molecule has 0 spiro atoms. The third-order valence-corrected chi connectivity index (χ3v) is 4.22. The maximum absolute atomic E-state index is 9.93. The van der Waals surface area contributed by atoms with Crippen molar-refractivity contribution in [1.82, 2.24) is 0 Å². The van der Waals surface area contributed by atoms with Gasteiger partial charge in [-0.3, -0.25) is 0 Å². The van der Waals surface area contributed by atoms with Crippen LogP contribution in [0.25, 0.3) is 0 Å². The molecule has 7 heteroatoms. The smallest absolute Gasteiger partial charge is 0.174 e. The van der Waals surface area contributed by atoms with Gasteiger partial charge in [-0.25, -0.2) is 0 Å². The summed E-state index contributed by atoms with van der Waals surface area (Å²) in [7, 11) is 1.56. The third kappa shape index (κ3) is 3.21. The molecule has 4 nitrogen and oxygen atoms in total. The molecule has 0 radical (unpaired) electrons. The molecule has 0 heterocycles. The lowest BCUT2D eigenvalue weighted by Crippen LogP contribution is -1.90. The van der Waals surface area contributed by atoms with Gasteiger partial charge in [0.15, 0.2) is 17.2 Å². The Morgan fingerprint density at radius 2 is 1.50 bits per heavy atom. The van der Waals surface area contributed by atoms with Gasteiger partial charge in [0, 0.05) is 6.07 Å². The van der Waals surface area contributed by atoms with Gasteiger partial charge in [0.05, 0.1) is 20.5 Å². The van der Waals surface area contributed by atoms with Crippen molar-refractivity contribution in [3.05, 3.63) is 37.7 Å². The number of phenols is 2. The summed E-state index contributed by atoms with van der Waals surface area (Å²) < 4.78 is 12.4. The Kier molecular flexibility index (Phi) is 4.82. The molecule has 0 aromatic heterocycles. The minimum atomic E-state index is -0.0996. The van der Waals surface area contributed by atoms with Crippen LogP contribution in [-0.4, -0.2) is 17.3 Å². The van der Waals surface area contributed by atoms with Crippen molar-refractivity contribution < 1.29 is 19.7 Å². The summed E-state index contributed by atoms with van der Waals surface area (Å²) in [5.74, 6) is 1.11. The molecule has 106 valence electrons. The average molecular weight is 469 g/mol. The highest BCUT2D eigenvalue weighted by Gasteiger charge is 2.15. The number of benzene rings is 2. The lowest BCUT2D eigenvalue weighted by molar-refractivity contribution is 0.395. The van der Waals surface area contributed by atoms with E-state index in [1.54, 1.807) is 19.2 Å². The van der Waals surface area contributed by atoms with Crippen LogP contribution < -0.4 is 9.47 Å². The maximum Gasteiger partial charge on any atom is 0.174 e. The van der Waals surface area contributed by atoms with E-state index in [0.29, 0.717) is 24.9 Å². The normalized spacial score (nSPS) is 10.4. The number of rotatable bonds is 3. The summed E-state index contributed by atoms with van der Waals surface area (Å²) in [5.41, 5.74) is 0. The summed E-state index contributed by atoms with van der Waals surface area (Å²) >= 11 is 9.87. The minimum Gasteiger partial charge on any atom is -0.508 e. The Morgan fingerprint density at radius 3 is 2.05 bits per heavy atom. The van der Waals surface area contributed by atoms with E-state index >= 15 is 0 Å². The zero-order valence-corrected chi connectivity index (χ0v) is 14.9. The van der Waals surface area contributed by atoms with Crippen LogP contribution in [0, 0.1) is 0 Å². The highest BCUT2D eigenvalue weighted by atomic mass is 79.9. The van der Waals surface area contributed by atoms with Gasteiger partial charge in [-0.05, 0) is 66.0 Å². The molecule has 2 N–H and O–H groups in total. The molecule has 0 aliphatic heterocycles. The lowest BCUT2D eigenvalue weighted by Gasteiger charge is -2.13. The van der Waals surface area contributed by atoms with Crippen molar-refractivity contribution in [2.45, 2.75) is 0 Å². The lowest BCUT2D eigenvalue weighted by atomic mass is 10.3. The second kappa shape index (κ2) is 6.24. The number of hydrogen-bond donors (Lipinski definition) is 2. The van der Waals surface area contributed by atoms with E-state index in [4.69, 9.17) is 9.47 Å². The van der Waals surface area contributed by atoms with E-state index in [1.807, 2.05) is 0 Å². The fourth-order valence-electron chi connectivity index (χ4n) is 1.50. The van der Waals surface area contributed by atoms with E-state index in [9.17, 15) is 10.2 Å². The molecule has 2 aromatic carbocycles. The molecule has 0 unspecified atom stereocenters. The number of aromatic hydroxyl groups is 2. The Labute approximate surface area is 140 Å². The molecule has 0 saturated heterocycles. The second-order valence-electron chi connectivity index (χ2n) is 3.80. The zero-order chi connectivity index (χ0) is 14.9. The molecule has 2 aromatic rings. The van der Waals surface area contributed by atoms with Crippen molar-refractivity contribution >= 4 is 47.8 Å². The van der Waals surface area contributed by atoms with Gasteiger partial charge in [0.1, 0.15) is 11.5 Å². The van der Waals surface area contributed by atoms with Crippen LogP contribution >= 0.6 is 47.8 Å². The fraction of sp³-hybridized carbons (Fsp3) is 0.0769. The summed E-state index contributed by atoms with van der Waals surface area (Å²) in [5, 5.41) is 19.5. The van der Waals surface area contributed by atoms with E-state index < -0.39 is 0 Å². The summed E-state index contributed by atoms with van der Waals surface area (Å²) in [6.07, 6.45) is 0. The summed E-state index contributed by atoms with van der Waals surface area (Å²) in [6, 6.07) is 6.16. The second-order valence-corrected chi connectivity index (χ2v) is 6.36. The molecule has 20 heavy (non-hydrogen) atoms. The molecule has 0 bridgehead atoms. The van der Waals surface area contributed by atoms with Gasteiger partial charge in [-0.15, -0.1) is 0 Å². The summed E-state index contributed by atoms with van der Waals surface area (Å²) in [4.78, 5) is 0. The van der Waals surface area contributed by atoms with Crippen LogP contribution in [0.1, 0.15) is 0 Å². The average Bonchev–Trinajstić information content (AvgIpc) is 2.38. The molecule has 0 fully saturated rings. The number of methoxy groups -OCH3 is 1. The number of halogens is 3. The quantitative estimate of drug-likeness (QED) is 0.609. The maximum atomic E-state index is 9.93. The topological polar surface area (TPSA) is 58.9 Å². The number of hydrogen-bond acceptors (Lipinski definition) is 4. The molecular formula is C13H9Br3O4. The molecule has 2 rings (SSSR count). The monoisotopic (exact) mass is 466 g/mol. The van der Waals surface area contributed by atoms with Crippen LogP contribution in [0.3, 0.4) is 0 Å². The predicted octanol–water partition coefficient (Wildman–Crippen LogP) is 5.19. The molecule has 0 atom stereocenters. The first-order valence-electron chi connectivity index (χ1n) is 5.34. The first-order valence-corrected chi connectivity index (χ1v) is 7.72. The first kappa shape index (κ1) is 15.5. The van der Waals surface area contributed by atoms with Crippen molar-refractivity contribution in [2.24, 2.45) is 0 Å². The van der Waals surface area contributed by atoms with E-state index in [-0.39, 0.29) is 17.2 Å². The largest absolute Gasteiger partial charge is 0.508 e. The van der Waals surface area contributed by atoms with Crippen molar-refractivity contribution in [2.75, 3.05) is 7.11 Å². The molecule has 0 saturated carbocycles. The van der Waals surface area contributed by atoms with Gasteiger partial charge >= 0.3 is 0 Å². The standard InChI is InChI=1S/C13H9Br3O4/c1-19-7-4-9(15)13(10(16)5-7)20-11-3-6(17)2-8(14)12(11)18/h2-5,17-18H,1H3. The van der Waals surface area contributed by atoms with E-state index in [1.165, 1.54) is 12.1 Å². The van der Waals surface area contributed by atoms with Crippen LogP contribution in [0.5, 0.6) is 28.7 Å². The molecule has 0 aliphatic rings. The van der Waals surface area contributed by atoms with Crippen molar-refractivity contribution in [3.8, 4) is 28.7 Å². The van der Waals surface area contributed by atoms with Crippen LogP contribution in [0.15, 0.2) is 37.7 Å². The van der Waals surface area contributed by atoms with Gasteiger partial charge in [0.2, 0.25) is 0 Å². The Morgan fingerprint density at radius 1 is 0.900 bits per heavy atom. The summed E-state index contributed by atoms with van der Waals surface area (Å²) in [6.45, 7) is 0. The van der Waals surface area contributed by atoms with Crippen LogP contribution in [0.2, 0.25) is 0 Å². The molecule has 0 aliphatic carbocycles. The van der Waals surface area contributed by atoms with Crippen molar-refractivity contribution in [3.63, 3.8) is 0 Å². The Hall–Kier alpha value is -0.920. The highest BCUT2D eigenvalue weighted by Crippen LogP contribution is 2.45. The van der Waals surface area contributed by atoms with Crippen LogP contribution in [0.4, 0.5) is 0 Å². The SMILES string of the molecule is COc1cc(Br)c(Oc2cc(O)cc(Br)c2O)c(Br)c1. The number of ether oxygens (including phenoxy) is 2. The molecule has 0 amide bonds. The van der Waals surface area contributed by atoms with E-state index in [0.717, 1.165) is 0 Å². The fourth-order valence-corrected chi connectivity index (χ4v) is 3.24. The predicted molar refractivity (Wildman–Crippen MR) is 85.9 cm³/mol. The van der Waals surface area contributed by atoms with Gasteiger partial charge in [-0.1, -0.05) is 0 Å². The Bertz CT molecular complexity index is 635. The van der Waals surface area contributed by atoms with Crippen molar-refractivity contribution in [1.29, 1.82) is 0 Å². The van der Waals surface area contributed by atoms with Crippen LogP contribution in [-0.2, 0) is 0 Å². The zero-order valence-electron chi connectivity index (χ0n) is 10.2. The first-order chi connectivity index (χ1) is 9.42. The number of phenolic OH excluding ortho intramolecular Hbond substituents is 2. The highest BCUT2D eigenvalue weighted by molar-refractivity contribution is 9.11. The van der Waals surface area contributed by atoms with Gasteiger partial charge in [0.25, 0.3) is 0 Å². The molecular weight excluding hydrogens is 460 g/mol. The Balaban J connectivity index is 2.45. The van der Waals surface area contributed by atoms with Gasteiger partial charge in [-0.2, -0.15) is 0 Å². The van der Waals surface area contributed by atoms with Gasteiger partial charge < -0.3 is 19.7 Å². The van der Waals surface area contributed by atoms with E-state index in [2.05, 4.69) is 47.8 Å². The minimum absolute atomic E-state index is 0.0227.